The lowest BCUT2D eigenvalue weighted by Crippen LogP contribution is -2.54. The van der Waals surface area contributed by atoms with Crippen LogP contribution in [0.3, 0.4) is 0 Å². The van der Waals surface area contributed by atoms with Gasteiger partial charge in [0.05, 0.1) is 6.04 Å². The largest absolute Gasteiger partial charge is 0.480 e. The molecular weight excluding hydrogens is 518 g/mol. The molecule has 1 fully saturated rings. The molecule has 0 spiro atoms. The number of aliphatic hydroxyl groups is 1. The number of carboxylic acid groups (broad SMARTS) is 1. The number of aliphatic hydroxyl groups excluding tert-OH is 1. The number of carbonyl (C=O) groups excluding carboxylic acids is 3. The summed E-state index contributed by atoms with van der Waals surface area (Å²) in [5, 5.41) is 21.5. The lowest BCUT2D eigenvalue weighted by Gasteiger charge is -2.31. The van der Waals surface area contributed by atoms with Crippen molar-refractivity contribution < 1.29 is 38.9 Å². The van der Waals surface area contributed by atoms with Gasteiger partial charge in [0, 0.05) is 6.54 Å². The summed E-state index contributed by atoms with van der Waals surface area (Å²) >= 11 is 0. The van der Waals surface area contributed by atoms with E-state index in [1.807, 2.05) is 44.2 Å². The molecule has 11 heteroatoms. The molecule has 1 aromatic rings. The van der Waals surface area contributed by atoms with Crippen molar-refractivity contribution in [3.05, 3.63) is 35.9 Å². The highest BCUT2D eigenvalue weighted by molar-refractivity contribution is 5.87. The minimum Gasteiger partial charge on any atom is -0.480 e. The van der Waals surface area contributed by atoms with Crippen LogP contribution >= 0.6 is 0 Å². The number of amides is 2. The summed E-state index contributed by atoms with van der Waals surface area (Å²) in [6.07, 6.45) is -0.536. The second kappa shape index (κ2) is 16.2. The molecule has 2 rings (SSSR count). The minimum absolute atomic E-state index is 0.0208. The molecule has 0 radical (unpaired) electrons. The van der Waals surface area contributed by atoms with Gasteiger partial charge in [-0.05, 0) is 57.4 Å². The number of carbonyl (C=O) groups is 4. The highest BCUT2D eigenvalue weighted by atomic mass is 16.6. The molecule has 2 unspecified atom stereocenters. The molecule has 2 amide bonds. The van der Waals surface area contributed by atoms with E-state index in [-0.39, 0.29) is 18.4 Å². The number of hydrogen-bond donors (Lipinski definition) is 4. The maximum atomic E-state index is 12.8. The van der Waals surface area contributed by atoms with Gasteiger partial charge in [0.1, 0.15) is 24.3 Å². The molecule has 5 N–H and O–H groups in total. The SMILES string of the molecule is CC(C)C[C@@H](NC(=O)C(O)C1CCCN1C(=O)OC(C)(C)C)C(=O)OCc1ccccc1.CC(C)[C@H](N)C(=O)O. The van der Waals surface area contributed by atoms with Gasteiger partial charge in [-0.1, -0.05) is 58.0 Å². The van der Waals surface area contributed by atoms with Crippen molar-refractivity contribution in [1.82, 2.24) is 10.2 Å². The average molecular weight is 566 g/mol. The molecule has 11 nitrogen and oxygen atoms in total. The number of ether oxygens (including phenoxy) is 2. The Morgan fingerprint density at radius 1 is 1.10 bits per heavy atom. The van der Waals surface area contributed by atoms with Gasteiger partial charge in [-0.3, -0.25) is 9.59 Å². The van der Waals surface area contributed by atoms with Crippen molar-refractivity contribution in [2.24, 2.45) is 17.6 Å². The topological polar surface area (TPSA) is 168 Å². The molecule has 1 heterocycles. The number of esters is 1. The van der Waals surface area contributed by atoms with E-state index >= 15 is 0 Å². The number of likely N-dealkylation sites (tertiary alicyclic amines) is 1. The molecular formula is C29H47N3O8. The van der Waals surface area contributed by atoms with E-state index < -0.39 is 53.8 Å². The predicted molar refractivity (Wildman–Crippen MR) is 150 cm³/mol. The first-order valence-electron chi connectivity index (χ1n) is 13.7. The van der Waals surface area contributed by atoms with Crippen LogP contribution in [-0.2, 0) is 30.5 Å². The van der Waals surface area contributed by atoms with Crippen molar-refractivity contribution in [1.29, 1.82) is 0 Å². The average Bonchev–Trinajstić information content (AvgIpc) is 3.35. The fraction of sp³-hybridized carbons (Fsp3) is 0.655. The van der Waals surface area contributed by atoms with E-state index in [0.29, 0.717) is 25.8 Å². The van der Waals surface area contributed by atoms with Gasteiger partial charge in [0.2, 0.25) is 0 Å². The van der Waals surface area contributed by atoms with E-state index in [1.165, 1.54) is 4.90 Å². The highest BCUT2D eigenvalue weighted by Crippen LogP contribution is 2.23. The van der Waals surface area contributed by atoms with Gasteiger partial charge < -0.3 is 35.6 Å². The van der Waals surface area contributed by atoms with Crippen LogP contribution in [0.25, 0.3) is 0 Å². The fourth-order valence-corrected chi connectivity index (χ4v) is 3.90. The summed E-state index contributed by atoms with van der Waals surface area (Å²) in [7, 11) is 0. The van der Waals surface area contributed by atoms with Crippen LogP contribution in [0.2, 0.25) is 0 Å². The lowest BCUT2D eigenvalue weighted by atomic mass is 10.0. The van der Waals surface area contributed by atoms with Crippen molar-refractivity contribution in [2.75, 3.05) is 6.54 Å². The monoisotopic (exact) mass is 565 g/mol. The van der Waals surface area contributed by atoms with Crippen LogP contribution in [0.15, 0.2) is 30.3 Å². The molecule has 0 saturated carbocycles. The van der Waals surface area contributed by atoms with E-state index in [1.54, 1.807) is 34.6 Å². The van der Waals surface area contributed by atoms with Crippen LogP contribution in [0.5, 0.6) is 0 Å². The second-order valence-electron chi connectivity index (χ2n) is 11.7. The molecule has 1 saturated heterocycles. The van der Waals surface area contributed by atoms with Crippen LogP contribution in [0.4, 0.5) is 4.79 Å². The van der Waals surface area contributed by atoms with Gasteiger partial charge in [-0.15, -0.1) is 0 Å². The number of hydrogen-bond acceptors (Lipinski definition) is 8. The third kappa shape index (κ3) is 12.3. The van der Waals surface area contributed by atoms with Crippen molar-refractivity contribution in [3.63, 3.8) is 0 Å². The Hall–Kier alpha value is -3.18. The van der Waals surface area contributed by atoms with E-state index in [4.69, 9.17) is 20.3 Å². The molecule has 226 valence electrons. The lowest BCUT2D eigenvalue weighted by molar-refractivity contribution is -0.151. The number of nitrogens with two attached hydrogens (primary N) is 1. The first kappa shape index (κ1) is 34.8. The molecule has 4 atom stereocenters. The van der Waals surface area contributed by atoms with Crippen LogP contribution in [0.1, 0.15) is 73.3 Å². The normalized spacial score (nSPS) is 17.4. The van der Waals surface area contributed by atoms with Gasteiger partial charge in [0.15, 0.2) is 6.10 Å². The van der Waals surface area contributed by atoms with Crippen molar-refractivity contribution in [2.45, 2.75) is 104 Å². The standard InChI is InChI=1S/C24H36N2O6.C5H11NO2/c1-16(2)14-18(22(29)31-15-17-10-7-6-8-11-17)25-21(28)20(27)19-12-9-13-26(19)23(30)32-24(3,4)5;1-3(2)4(6)5(7)8/h6-8,10-11,16,18-20,27H,9,12-15H2,1-5H3,(H,25,28);3-4H,6H2,1-2H3,(H,7,8)/t18-,19?,20?;4-/m10/s1. The Bertz CT molecular complexity index is 962. The van der Waals surface area contributed by atoms with Crippen molar-refractivity contribution in [3.8, 4) is 0 Å². The summed E-state index contributed by atoms with van der Waals surface area (Å²) in [4.78, 5) is 49.4. The molecule has 1 aromatic carbocycles. The summed E-state index contributed by atoms with van der Waals surface area (Å²) in [5.74, 6) is -2.05. The highest BCUT2D eigenvalue weighted by Gasteiger charge is 2.40. The number of rotatable bonds is 10. The molecule has 0 aliphatic carbocycles. The number of carboxylic acids is 1. The second-order valence-corrected chi connectivity index (χ2v) is 11.7. The quantitative estimate of drug-likeness (QED) is 0.312. The molecule has 1 aliphatic heterocycles. The first-order valence-corrected chi connectivity index (χ1v) is 13.7. The number of nitrogens with zero attached hydrogens (tertiary/aromatic N) is 1. The molecule has 0 aromatic heterocycles. The van der Waals surface area contributed by atoms with E-state index in [2.05, 4.69) is 5.32 Å². The van der Waals surface area contributed by atoms with Crippen LogP contribution in [0, 0.1) is 11.8 Å². The zero-order valence-electron chi connectivity index (χ0n) is 24.8. The summed E-state index contributed by atoms with van der Waals surface area (Å²) in [6.45, 7) is 13.2. The van der Waals surface area contributed by atoms with Gasteiger partial charge in [-0.25, -0.2) is 9.59 Å². The third-order valence-corrected chi connectivity index (χ3v) is 6.10. The van der Waals surface area contributed by atoms with E-state index in [0.717, 1.165) is 5.56 Å². The maximum Gasteiger partial charge on any atom is 0.410 e. The molecule has 0 bridgehead atoms. The van der Waals surface area contributed by atoms with Crippen molar-refractivity contribution >= 4 is 23.9 Å². The smallest absolute Gasteiger partial charge is 0.410 e. The zero-order valence-corrected chi connectivity index (χ0v) is 24.8. The Kier molecular flexibility index (Phi) is 14.1. The Morgan fingerprint density at radius 2 is 1.70 bits per heavy atom. The number of nitrogens with one attached hydrogen (secondary N) is 1. The van der Waals surface area contributed by atoms with Crippen LogP contribution < -0.4 is 11.1 Å². The van der Waals surface area contributed by atoms with Crippen LogP contribution in [-0.4, -0.2) is 75.4 Å². The fourth-order valence-electron chi connectivity index (χ4n) is 3.90. The Labute approximate surface area is 237 Å². The molecule has 40 heavy (non-hydrogen) atoms. The first-order chi connectivity index (χ1) is 18.5. The molecule has 1 aliphatic rings. The summed E-state index contributed by atoms with van der Waals surface area (Å²) < 4.78 is 10.8. The van der Waals surface area contributed by atoms with Gasteiger partial charge >= 0.3 is 18.0 Å². The number of benzene rings is 1. The number of aliphatic carboxylic acids is 1. The van der Waals surface area contributed by atoms with Gasteiger partial charge in [-0.2, -0.15) is 0 Å². The minimum atomic E-state index is -1.47. The predicted octanol–water partition coefficient (Wildman–Crippen LogP) is 3.08. The zero-order chi connectivity index (χ0) is 30.6. The summed E-state index contributed by atoms with van der Waals surface area (Å²) in [6, 6.07) is 6.96. The third-order valence-electron chi connectivity index (χ3n) is 6.10. The Morgan fingerprint density at radius 3 is 2.17 bits per heavy atom. The maximum absolute atomic E-state index is 12.8. The van der Waals surface area contributed by atoms with Gasteiger partial charge in [0.25, 0.3) is 5.91 Å². The summed E-state index contributed by atoms with van der Waals surface area (Å²) in [5.41, 5.74) is 5.32. The van der Waals surface area contributed by atoms with E-state index in [9.17, 15) is 24.3 Å². The Balaban J connectivity index is 0.000000869.